The van der Waals surface area contributed by atoms with Gasteiger partial charge in [0.05, 0.1) is 0 Å². The third-order valence-corrected chi connectivity index (χ3v) is 3.38. The van der Waals surface area contributed by atoms with Crippen molar-refractivity contribution in [1.82, 2.24) is 4.90 Å². The Balaban J connectivity index is 1.73. The number of amides is 2. The number of urea groups is 1. The Labute approximate surface area is 113 Å². The number of hydrogen-bond acceptors (Lipinski definition) is 1. The van der Waals surface area contributed by atoms with Gasteiger partial charge in [-0.15, -0.1) is 0 Å². The summed E-state index contributed by atoms with van der Waals surface area (Å²) in [7, 11) is 0. The molecule has 0 N–H and O–H groups in total. The van der Waals surface area contributed by atoms with Crippen LogP contribution in [0.25, 0.3) is 0 Å². The van der Waals surface area contributed by atoms with Gasteiger partial charge in [-0.05, 0) is 17.7 Å². The van der Waals surface area contributed by atoms with Gasteiger partial charge in [0.15, 0.2) is 0 Å². The monoisotopic (exact) mass is 252 g/mol. The zero-order valence-electron chi connectivity index (χ0n) is 10.7. The van der Waals surface area contributed by atoms with Gasteiger partial charge >= 0.3 is 6.03 Å². The van der Waals surface area contributed by atoms with E-state index in [0.29, 0.717) is 6.54 Å². The maximum atomic E-state index is 12.4. The molecule has 0 saturated carbocycles. The predicted molar refractivity (Wildman–Crippen MR) is 76.0 cm³/mol. The quantitative estimate of drug-likeness (QED) is 0.823. The van der Waals surface area contributed by atoms with E-state index in [9.17, 15) is 4.79 Å². The lowest BCUT2D eigenvalue weighted by Crippen LogP contribution is -2.31. The molecular weight excluding hydrogens is 236 g/mol. The Bertz CT molecular complexity index is 553. The van der Waals surface area contributed by atoms with Crippen LogP contribution in [0.5, 0.6) is 0 Å². The molecule has 1 fully saturated rings. The number of nitrogens with zero attached hydrogens (tertiary/aromatic N) is 2. The predicted octanol–water partition coefficient (Wildman–Crippen LogP) is 3.13. The van der Waals surface area contributed by atoms with Gasteiger partial charge in [0.1, 0.15) is 0 Å². The van der Waals surface area contributed by atoms with Gasteiger partial charge in [-0.2, -0.15) is 0 Å². The van der Waals surface area contributed by atoms with E-state index in [1.165, 1.54) is 5.56 Å². The van der Waals surface area contributed by atoms with Crippen LogP contribution in [-0.2, 0) is 6.54 Å². The molecule has 0 bridgehead atoms. The Morgan fingerprint density at radius 2 is 1.47 bits per heavy atom. The van der Waals surface area contributed by atoms with Crippen molar-refractivity contribution >= 4 is 11.7 Å². The fourth-order valence-corrected chi connectivity index (χ4v) is 2.38. The highest BCUT2D eigenvalue weighted by molar-refractivity contribution is 5.94. The molecule has 2 aromatic carbocycles. The van der Waals surface area contributed by atoms with Crippen LogP contribution >= 0.6 is 0 Å². The first-order valence-corrected chi connectivity index (χ1v) is 6.50. The maximum absolute atomic E-state index is 12.4. The van der Waals surface area contributed by atoms with Crippen LogP contribution in [0.2, 0.25) is 0 Å². The van der Waals surface area contributed by atoms with Crippen LogP contribution in [0.1, 0.15) is 5.56 Å². The van der Waals surface area contributed by atoms with Crippen molar-refractivity contribution in [3.63, 3.8) is 0 Å². The number of rotatable bonds is 3. The van der Waals surface area contributed by atoms with Crippen molar-refractivity contribution in [2.75, 3.05) is 18.0 Å². The molecule has 0 unspecified atom stereocenters. The zero-order chi connectivity index (χ0) is 13.1. The van der Waals surface area contributed by atoms with Crippen molar-refractivity contribution in [2.45, 2.75) is 6.54 Å². The lowest BCUT2D eigenvalue weighted by molar-refractivity contribution is 0.219. The molecule has 2 aromatic rings. The molecule has 0 aliphatic carbocycles. The molecule has 3 nitrogen and oxygen atoms in total. The SMILES string of the molecule is O=C1N(Cc2ccccc2)CCN1c1ccccc1. The summed E-state index contributed by atoms with van der Waals surface area (Å²) in [6.45, 7) is 2.22. The normalized spacial score (nSPS) is 15.1. The second-order valence-corrected chi connectivity index (χ2v) is 4.68. The molecule has 0 atom stereocenters. The third-order valence-electron chi connectivity index (χ3n) is 3.38. The number of benzene rings is 2. The fourth-order valence-electron chi connectivity index (χ4n) is 2.38. The van der Waals surface area contributed by atoms with Gasteiger partial charge in [-0.25, -0.2) is 4.79 Å². The molecule has 19 heavy (non-hydrogen) atoms. The van der Waals surface area contributed by atoms with Crippen LogP contribution in [0.4, 0.5) is 10.5 Å². The molecule has 0 spiro atoms. The van der Waals surface area contributed by atoms with Crippen LogP contribution in [0, 0.1) is 0 Å². The number of carbonyl (C=O) groups excluding carboxylic acids is 1. The first-order chi connectivity index (χ1) is 9.34. The van der Waals surface area contributed by atoms with Gasteiger partial charge in [0.25, 0.3) is 0 Å². The Morgan fingerprint density at radius 1 is 0.842 bits per heavy atom. The van der Waals surface area contributed by atoms with Crippen LogP contribution in [0.15, 0.2) is 60.7 Å². The highest BCUT2D eigenvalue weighted by atomic mass is 16.2. The van der Waals surface area contributed by atoms with Gasteiger partial charge < -0.3 is 4.90 Å². The van der Waals surface area contributed by atoms with Crippen LogP contribution < -0.4 is 4.90 Å². The van der Waals surface area contributed by atoms with E-state index in [1.54, 1.807) is 0 Å². The Hall–Kier alpha value is -2.29. The summed E-state index contributed by atoms with van der Waals surface area (Å²) in [5, 5.41) is 0. The van der Waals surface area contributed by atoms with Crippen molar-refractivity contribution < 1.29 is 4.79 Å². The minimum absolute atomic E-state index is 0.0926. The second-order valence-electron chi connectivity index (χ2n) is 4.68. The molecule has 2 amide bonds. The molecule has 0 radical (unpaired) electrons. The first-order valence-electron chi connectivity index (χ1n) is 6.50. The molecule has 1 heterocycles. The summed E-state index contributed by atoms with van der Waals surface area (Å²) in [5.41, 5.74) is 2.15. The van der Waals surface area contributed by atoms with E-state index in [4.69, 9.17) is 0 Å². The first kappa shape index (κ1) is 11.8. The van der Waals surface area contributed by atoms with Crippen molar-refractivity contribution in [3.05, 3.63) is 66.2 Å². The molecule has 3 rings (SSSR count). The maximum Gasteiger partial charge on any atom is 0.324 e. The summed E-state index contributed by atoms with van der Waals surface area (Å²) in [6.07, 6.45) is 0. The Morgan fingerprint density at radius 3 is 2.16 bits per heavy atom. The molecule has 96 valence electrons. The molecule has 1 saturated heterocycles. The van der Waals surface area contributed by atoms with Gasteiger partial charge in [0.2, 0.25) is 0 Å². The molecule has 1 aliphatic rings. The zero-order valence-corrected chi connectivity index (χ0v) is 10.7. The van der Waals surface area contributed by atoms with Gasteiger partial charge in [0, 0.05) is 25.3 Å². The molecule has 0 aromatic heterocycles. The number of hydrogen-bond donors (Lipinski definition) is 0. The van der Waals surface area contributed by atoms with E-state index < -0.39 is 0 Å². The largest absolute Gasteiger partial charge is 0.324 e. The lowest BCUT2D eigenvalue weighted by Gasteiger charge is -2.18. The van der Waals surface area contributed by atoms with E-state index in [2.05, 4.69) is 12.1 Å². The van der Waals surface area contributed by atoms with Crippen LogP contribution in [-0.4, -0.2) is 24.0 Å². The average Bonchev–Trinajstić information content (AvgIpc) is 2.82. The summed E-state index contributed by atoms with van der Waals surface area (Å²) in [4.78, 5) is 16.1. The van der Waals surface area contributed by atoms with E-state index >= 15 is 0 Å². The van der Waals surface area contributed by atoms with Gasteiger partial charge in [-0.1, -0.05) is 48.5 Å². The molecule has 3 heteroatoms. The lowest BCUT2D eigenvalue weighted by atomic mass is 10.2. The summed E-state index contributed by atoms with van der Waals surface area (Å²) >= 11 is 0. The van der Waals surface area contributed by atoms with Crippen molar-refractivity contribution in [2.24, 2.45) is 0 Å². The third kappa shape index (κ3) is 2.45. The standard InChI is InChI=1S/C16H16N2O/c19-16-17(13-14-7-3-1-4-8-14)11-12-18(16)15-9-5-2-6-10-15/h1-10H,11-13H2. The smallest absolute Gasteiger partial charge is 0.318 e. The Kier molecular flexibility index (Phi) is 3.19. The van der Waals surface area contributed by atoms with Crippen molar-refractivity contribution in [1.29, 1.82) is 0 Å². The van der Waals surface area contributed by atoms with Gasteiger partial charge in [-0.3, -0.25) is 4.90 Å². The van der Waals surface area contributed by atoms with E-state index in [-0.39, 0.29) is 6.03 Å². The fraction of sp³-hybridized carbons (Fsp3) is 0.188. The molecule has 1 aliphatic heterocycles. The highest BCUT2D eigenvalue weighted by Crippen LogP contribution is 2.21. The topological polar surface area (TPSA) is 23.6 Å². The van der Waals surface area contributed by atoms with E-state index in [1.807, 2.05) is 58.3 Å². The number of carbonyl (C=O) groups is 1. The molecular formula is C16H16N2O. The minimum atomic E-state index is 0.0926. The van der Waals surface area contributed by atoms with Crippen molar-refractivity contribution in [3.8, 4) is 0 Å². The highest BCUT2D eigenvalue weighted by Gasteiger charge is 2.29. The van der Waals surface area contributed by atoms with Crippen LogP contribution in [0.3, 0.4) is 0 Å². The average molecular weight is 252 g/mol. The number of anilines is 1. The minimum Gasteiger partial charge on any atom is -0.318 e. The summed E-state index contributed by atoms with van der Waals surface area (Å²) in [5.74, 6) is 0. The second kappa shape index (κ2) is 5.14. The van der Waals surface area contributed by atoms with E-state index in [0.717, 1.165) is 18.8 Å². The summed E-state index contributed by atoms with van der Waals surface area (Å²) in [6, 6.07) is 20.0. The number of para-hydroxylation sites is 1. The summed E-state index contributed by atoms with van der Waals surface area (Å²) < 4.78 is 0.